The van der Waals surface area contributed by atoms with Crippen molar-refractivity contribution >= 4 is 40.8 Å². The fourth-order valence-electron chi connectivity index (χ4n) is 2.52. The summed E-state index contributed by atoms with van der Waals surface area (Å²) in [6, 6.07) is 9.48. The quantitative estimate of drug-likeness (QED) is 0.498. The summed E-state index contributed by atoms with van der Waals surface area (Å²) in [4.78, 5) is 23.0. The van der Waals surface area contributed by atoms with Gasteiger partial charge in [0.05, 0.1) is 5.75 Å². The lowest BCUT2D eigenvalue weighted by atomic mass is 10.2. The number of anilines is 2. The fraction of sp³-hybridized carbons (Fsp3) is 0.353. The monoisotopic (exact) mass is 362 g/mol. The second-order valence-corrected chi connectivity index (χ2v) is 7.06. The van der Waals surface area contributed by atoms with Crippen LogP contribution in [-0.4, -0.2) is 34.7 Å². The largest absolute Gasteiger partial charge is 0.356 e. The van der Waals surface area contributed by atoms with Crippen LogP contribution in [0.4, 0.5) is 11.5 Å². The highest BCUT2D eigenvalue weighted by atomic mass is 35.5. The number of benzene rings is 1. The van der Waals surface area contributed by atoms with Crippen LogP contribution in [0.15, 0.2) is 35.5 Å². The molecule has 2 aromatic rings. The third-order valence-electron chi connectivity index (χ3n) is 3.76. The molecule has 1 aromatic heterocycles. The lowest BCUT2D eigenvalue weighted by Crippen LogP contribution is -2.19. The molecule has 7 heteroatoms. The Morgan fingerprint density at radius 2 is 1.96 bits per heavy atom. The van der Waals surface area contributed by atoms with Crippen molar-refractivity contribution in [2.24, 2.45) is 0 Å². The predicted octanol–water partition coefficient (Wildman–Crippen LogP) is 3.77. The normalized spacial score (nSPS) is 14.0. The van der Waals surface area contributed by atoms with Gasteiger partial charge in [0.2, 0.25) is 5.91 Å². The van der Waals surface area contributed by atoms with E-state index in [1.165, 1.54) is 24.6 Å². The summed E-state index contributed by atoms with van der Waals surface area (Å²) in [7, 11) is 0. The van der Waals surface area contributed by atoms with Gasteiger partial charge in [0.15, 0.2) is 5.16 Å². The highest BCUT2D eigenvalue weighted by molar-refractivity contribution is 7.99. The number of aromatic nitrogens is 2. The van der Waals surface area contributed by atoms with E-state index in [9.17, 15) is 4.79 Å². The maximum Gasteiger partial charge on any atom is 0.234 e. The van der Waals surface area contributed by atoms with Gasteiger partial charge < -0.3 is 10.2 Å². The minimum Gasteiger partial charge on any atom is -0.356 e. The molecule has 1 amide bonds. The third-order valence-corrected chi connectivity index (χ3v) is 4.80. The Morgan fingerprint density at radius 3 is 2.67 bits per heavy atom. The van der Waals surface area contributed by atoms with E-state index in [1.807, 2.05) is 31.2 Å². The molecule has 0 unspecified atom stereocenters. The Labute approximate surface area is 150 Å². The van der Waals surface area contributed by atoms with E-state index in [2.05, 4.69) is 20.2 Å². The van der Waals surface area contributed by atoms with Gasteiger partial charge in [-0.1, -0.05) is 41.1 Å². The smallest absolute Gasteiger partial charge is 0.234 e. The van der Waals surface area contributed by atoms with E-state index in [0.29, 0.717) is 10.3 Å². The molecule has 126 valence electrons. The number of carbonyl (C=O) groups is 1. The van der Waals surface area contributed by atoms with Crippen molar-refractivity contribution in [1.29, 1.82) is 0 Å². The first-order chi connectivity index (χ1) is 11.6. The summed E-state index contributed by atoms with van der Waals surface area (Å²) in [5.74, 6) is 0.997. The zero-order valence-electron chi connectivity index (χ0n) is 13.5. The molecule has 1 aliphatic rings. The Bertz CT molecular complexity index is 717. The summed E-state index contributed by atoms with van der Waals surface area (Å²) in [5, 5.41) is 3.81. The van der Waals surface area contributed by atoms with Gasteiger partial charge in [-0.05, 0) is 31.9 Å². The van der Waals surface area contributed by atoms with Gasteiger partial charge in [-0.15, -0.1) is 0 Å². The average Bonchev–Trinajstić information content (AvgIpc) is 3.09. The Morgan fingerprint density at radius 1 is 1.25 bits per heavy atom. The molecule has 1 N–H and O–H groups in total. The van der Waals surface area contributed by atoms with Gasteiger partial charge in [-0.25, -0.2) is 9.97 Å². The van der Waals surface area contributed by atoms with Crippen molar-refractivity contribution in [3.63, 3.8) is 0 Å². The van der Waals surface area contributed by atoms with Crippen LogP contribution in [0.1, 0.15) is 18.4 Å². The zero-order chi connectivity index (χ0) is 16.9. The summed E-state index contributed by atoms with van der Waals surface area (Å²) < 4.78 is 0. The average molecular weight is 363 g/mol. The van der Waals surface area contributed by atoms with Crippen molar-refractivity contribution in [2.75, 3.05) is 29.1 Å². The number of halogens is 1. The molecule has 0 atom stereocenters. The highest BCUT2D eigenvalue weighted by Gasteiger charge is 2.16. The lowest BCUT2D eigenvalue weighted by molar-refractivity contribution is -0.113. The first-order valence-corrected chi connectivity index (χ1v) is 9.25. The van der Waals surface area contributed by atoms with Crippen LogP contribution in [0, 0.1) is 6.92 Å². The summed E-state index contributed by atoms with van der Waals surface area (Å²) in [6.07, 6.45) is 2.34. The summed E-state index contributed by atoms with van der Waals surface area (Å²) in [5.41, 5.74) is 1.94. The van der Waals surface area contributed by atoms with E-state index in [0.717, 1.165) is 30.2 Å². The van der Waals surface area contributed by atoms with Gasteiger partial charge in [-0.2, -0.15) is 0 Å². The number of thioether (sulfide) groups is 1. The lowest BCUT2D eigenvalue weighted by Gasteiger charge is -2.16. The molecular weight excluding hydrogens is 344 g/mol. The van der Waals surface area contributed by atoms with E-state index in [1.54, 1.807) is 6.07 Å². The Hall–Kier alpha value is -1.79. The molecule has 3 rings (SSSR count). The molecule has 1 aromatic carbocycles. The van der Waals surface area contributed by atoms with Crippen molar-refractivity contribution in [3.05, 3.63) is 41.0 Å². The van der Waals surface area contributed by atoms with E-state index >= 15 is 0 Å². The van der Waals surface area contributed by atoms with Gasteiger partial charge in [0, 0.05) is 24.8 Å². The maximum atomic E-state index is 12.1. The second kappa shape index (κ2) is 7.85. The van der Waals surface area contributed by atoms with Crippen LogP contribution in [0.3, 0.4) is 0 Å². The Kier molecular flexibility index (Phi) is 5.58. The van der Waals surface area contributed by atoms with Crippen LogP contribution >= 0.6 is 23.4 Å². The summed E-state index contributed by atoms with van der Waals surface area (Å²) in [6.45, 7) is 3.99. The molecule has 0 aliphatic carbocycles. The minimum absolute atomic E-state index is 0.0878. The summed E-state index contributed by atoms with van der Waals surface area (Å²) >= 11 is 7.39. The molecule has 0 radical (unpaired) electrons. The molecule has 0 bridgehead atoms. The SMILES string of the molecule is Cc1ccc(NC(=O)CSc2nc(Cl)cc(N3CCCC3)n2)cc1. The number of rotatable bonds is 5. The van der Waals surface area contributed by atoms with Gasteiger partial charge in [-0.3, -0.25) is 4.79 Å². The van der Waals surface area contributed by atoms with Crippen LogP contribution in [0.2, 0.25) is 5.15 Å². The minimum atomic E-state index is -0.0878. The van der Waals surface area contributed by atoms with Gasteiger partial charge in [0.1, 0.15) is 11.0 Å². The van der Waals surface area contributed by atoms with Crippen molar-refractivity contribution in [2.45, 2.75) is 24.9 Å². The highest BCUT2D eigenvalue weighted by Crippen LogP contribution is 2.24. The molecule has 0 saturated carbocycles. The maximum absolute atomic E-state index is 12.1. The van der Waals surface area contributed by atoms with Crippen molar-refractivity contribution in [1.82, 2.24) is 9.97 Å². The predicted molar refractivity (Wildman–Crippen MR) is 99.0 cm³/mol. The van der Waals surface area contributed by atoms with Crippen LogP contribution in [0.25, 0.3) is 0 Å². The van der Waals surface area contributed by atoms with E-state index in [4.69, 9.17) is 11.6 Å². The molecule has 2 heterocycles. The molecule has 24 heavy (non-hydrogen) atoms. The first-order valence-electron chi connectivity index (χ1n) is 7.89. The van der Waals surface area contributed by atoms with Crippen LogP contribution in [-0.2, 0) is 4.79 Å². The first kappa shape index (κ1) is 17.0. The van der Waals surface area contributed by atoms with Crippen LogP contribution < -0.4 is 10.2 Å². The molecule has 1 aliphatic heterocycles. The second-order valence-electron chi connectivity index (χ2n) is 5.73. The molecule has 0 spiro atoms. The van der Waals surface area contributed by atoms with E-state index < -0.39 is 0 Å². The topological polar surface area (TPSA) is 58.1 Å². The number of aryl methyl sites for hydroxylation is 1. The van der Waals surface area contributed by atoms with Gasteiger partial charge in [0.25, 0.3) is 0 Å². The fourth-order valence-corrected chi connectivity index (χ4v) is 3.40. The van der Waals surface area contributed by atoms with Crippen LogP contribution in [0.5, 0.6) is 0 Å². The van der Waals surface area contributed by atoms with Crippen molar-refractivity contribution < 1.29 is 4.79 Å². The van der Waals surface area contributed by atoms with Gasteiger partial charge >= 0.3 is 0 Å². The number of nitrogens with one attached hydrogen (secondary N) is 1. The standard InChI is InChI=1S/C17H19ClN4OS/c1-12-4-6-13(7-5-12)19-16(23)11-24-17-20-14(18)10-15(21-17)22-8-2-3-9-22/h4-7,10H,2-3,8-9,11H2,1H3,(H,19,23). The third kappa shape index (κ3) is 4.61. The Balaban J connectivity index is 1.59. The molecule has 5 nitrogen and oxygen atoms in total. The molecule has 1 fully saturated rings. The molecular formula is C17H19ClN4OS. The number of amides is 1. The van der Waals surface area contributed by atoms with Crippen molar-refractivity contribution in [3.8, 4) is 0 Å². The number of nitrogens with zero attached hydrogens (tertiary/aromatic N) is 3. The van der Waals surface area contributed by atoms with E-state index in [-0.39, 0.29) is 11.7 Å². The zero-order valence-corrected chi connectivity index (χ0v) is 15.0. The number of hydrogen-bond donors (Lipinski definition) is 1. The number of carbonyl (C=O) groups excluding carboxylic acids is 1. The molecule has 1 saturated heterocycles. The number of hydrogen-bond acceptors (Lipinski definition) is 5.